The molecule has 2 aromatic heterocycles. The number of nitrogens with zero attached hydrogens (tertiary/aromatic N) is 4. The molecule has 0 atom stereocenters. The van der Waals surface area contributed by atoms with Gasteiger partial charge in [0.25, 0.3) is 0 Å². The molecule has 0 radical (unpaired) electrons. The van der Waals surface area contributed by atoms with Crippen molar-refractivity contribution in [3.8, 4) is 5.75 Å². The molecule has 4 rings (SSSR count). The van der Waals surface area contributed by atoms with E-state index in [1.807, 2.05) is 36.0 Å². The van der Waals surface area contributed by atoms with E-state index >= 15 is 0 Å². The van der Waals surface area contributed by atoms with E-state index in [1.54, 1.807) is 18.3 Å². The lowest BCUT2D eigenvalue weighted by Crippen LogP contribution is -2.31. The zero-order valence-electron chi connectivity index (χ0n) is 17.8. The third-order valence-corrected chi connectivity index (χ3v) is 5.58. The Balaban J connectivity index is 1.49. The maximum absolute atomic E-state index is 12.6. The number of aromatic hydroxyl groups is 1. The van der Waals surface area contributed by atoms with Crippen molar-refractivity contribution in [3.63, 3.8) is 0 Å². The first-order valence-corrected chi connectivity index (χ1v) is 10.8. The summed E-state index contributed by atoms with van der Waals surface area (Å²) < 4.78 is 7.27. The van der Waals surface area contributed by atoms with Crippen LogP contribution in [-0.4, -0.2) is 43.9 Å². The van der Waals surface area contributed by atoms with Crippen molar-refractivity contribution >= 4 is 5.97 Å². The molecule has 7 heteroatoms. The van der Waals surface area contributed by atoms with Crippen LogP contribution < -0.4 is 0 Å². The van der Waals surface area contributed by atoms with Gasteiger partial charge in [0.05, 0.1) is 6.61 Å². The lowest BCUT2D eigenvalue weighted by molar-refractivity contribution is 0.0515. The Labute approximate surface area is 182 Å². The number of aryl methyl sites for hydroxylation is 2. The molecule has 1 aliphatic heterocycles. The molecule has 1 N–H and O–H groups in total. The van der Waals surface area contributed by atoms with Crippen molar-refractivity contribution < 1.29 is 14.6 Å². The number of pyridine rings is 1. The van der Waals surface area contributed by atoms with Gasteiger partial charge in [0.15, 0.2) is 5.69 Å². The summed E-state index contributed by atoms with van der Waals surface area (Å²) in [5, 5.41) is 14.2. The molecule has 7 nitrogen and oxygen atoms in total. The summed E-state index contributed by atoms with van der Waals surface area (Å²) in [6, 6.07) is 11.3. The number of ether oxygens (including phenoxy) is 1. The lowest BCUT2D eigenvalue weighted by Gasteiger charge is -2.27. The van der Waals surface area contributed by atoms with Crippen molar-refractivity contribution in [2.75, 3.05) is 13.2 Å². The summed E-state index contributed by atoms with van der Waals surface area (Å²) in [7, 11) is 0. The predicted octanol–water partition coefficient (Wildman–Crippen LogP) is 3.35. The van der Waals surface area contributed by atoms with E-state index in [0.717, 1.165) is 55.7 Å². The highest BCUT2D eigenvalue weighted by molar-refractivity contribution is 5.89. The maximum atomic E-state index is 12.6. The van der Waals surface area contributed by atoms with Gasteiger partial charge in [0.1, 0.15) is 5.75 Å². The summed E-state index contributed by atoms with van der Waals surface area (Å²) in [5.74, 6) is -0.0851. The first-order chi connectivity index (χ1) is 15.1. The summed E-state index contributed by atoms with van der Waals surface area (Å²) in [6.45, 7) is 5.21. The van der Waals surface area contributed by atoms with Crippen LogP contribution in [0.2, 0.25) is 0 Å². The van der Waals surface area contributed by atoms with E-state index in [0.29, 0.717) is 18.8 Å². The predicted molar refractivity (Wildman–Crippen MR) is 117 cm³/mol. The number of rotatable bonds is 8. The van der Waals surface area contributed by atoms with Crippen LogP contribution in [0.1, 0.15) is 46.2 Å². The highest BCUT2D eigenvalue weighted by Crippen LogP contribution is 2.25. The number of benzene rings is 1. The number of fused-ring (bicyclic) bond motifs is 1. The van der Waals surface area contributed by atoms with Crippen LogP contribution in [0.25, 0.3) is 0 Å². The fraction of sp³-hybridized carbons (Fsp3) is 0.375. The highest BCUT2D eigenvalue weighted by atomic mass is 16.5. The molecule has 3 heterocycles. The van der Waals surface area contributed by atoms with E-state index in [2.05, 4.69) is 21.0 Å². The number of esters is 1. The van der Waals surface area contributed by atoms with Gasteiger partial charge in [0.2, 0.25) is 0 Å². The number of phenols is 1. The first-order valence-electron chi connectivity index (χ1n) is 10.8. The summed E-state index contributed by atoms with van der Waals surface area (Å²) in [5.41, 5.74) is 4.88. The average molecular weight is 421 g/mol. The third-order valence-electron chi connectivity index (χ3n) is 5.58. The van der Waals surface area contributed by atoms with Crippen molar-refractivity contribution in [3.05, 3.63) is 76.9 Å². The normalized spacial score (nSPS) is 13.7. The second kappa shape index (κ2) is 9.75. The van der Waals surface area contributed by atoms with Crippen LogP contribution in [0.4, 0.5) is 0 Å². The number of aromatic nitrogens is 3. The number of hydrogen-bond donors (Lipinski definition) is 1. The Morgan fingerprint density at radius 1 is 1.19 bits per heavy atom. The standard InChI is InChI=1S/C24H28N4O3/c1-2-31-24(30)23-21-17-27(16-19-7-9-20(29)10-8-19)14-11-22(21)28(26-23)13-4-6-18-5-3-12-25-15-18/h3,5,7-10,12,15,29H,2,4,6,11,13-14,16-17H2,1H3. The van der Waals surface area contributed by atoms with Crippen LogP contribution in [0.3, 0.4) is 0 Å². The molecule has 0 saturated heterocycles. The van der Waals surface area contributed by atoms with Gasteiger partial charge < -0.3 is 9.84 Å². The summed E-state index contributed by atoms with van der Waals surface area (Å²) >= 11 is 0. The van der Waals surface area contributed by atoms with Crippen LogP contribution in [-0.2, 0) is 37.2 Å². The quantitative estimate of drug-likeness (QED) is 0.563. The lowest BCUT2D eigenvalue weighted by atomic mass is 10.0. The van der Waals surface area contributed by atoms with Crippen LogP contribution in [0.15, 0.2) is 48.8 Å². The van der Waals surface area contributed by atoms with Gasteiger partial charge in [-0.2, -0.15) is 5.10 Å². The van der Waals surface area contributed by atoms with Crippen LogP contribution in [0, 0.1) is 0 Å². The van der Waals surface area contributed by atoms with Crippen LogP contribution >= 0.6 is 0 Å². The number of carbonyl (C=O) groups excluding carboxylic acids is 1. The molecule has 3 aromatic rings. The minimum Gasteiger partial charge on any atom is -0.508 e. The zero-order chi connectivity index (χ0) is 21.6. The number of phenolic OH excluding ortho intramolecular Hbond substituents is 1. The molecule has 31 heavy (non-hydrogen) atoms. The van der Waals surface area contributed by atoms with Crippen LogP contribution in [0.5, 0.6) is 5.75 Å². The van der Waals surface area contributed by atoms with Gasteiger partial charge in [-0.3, -0.25) is 14.6 Å². The Kier molecular flexibility index (Phi) is 6.62. The van der Waals surface area contributed by atoms with Crippen molar-refractivity contribution in [1.29, 1.82) is 0 Å². The molecule has 0 spiro atoms. The Morgan fingerprint density at radius 3 is 2.77 bits per heavy atom. The van der Waals surface area contributed by atoms with Crippen molar-refractivity contribution in [1.82, 2.24) is 19.7 Å². The van der Waals surface area contributed by atoms with Gasteiger partial charge in [-0.25, -0.2) is 4.79 Å². The molecule has 1 aromatic carbocycles. The van der Waals surface area contributed by atoms with Gasteiger partial charge in [-0.15, -0.1) is 0 Å². The first kappa shape index (κ1) is 21.1. The minimum absolute atomic E-state index is 0.266. The second-order valence-electron chi connectivity index (χ2n) is 7.81. The fourth-order valence-corrected chi connectivity index (χ4v) is 4.07. The molecule has 0 bridgehead atoms. The smallest absolute Gasteiger partial charge is 0.359 e. The summed E-state index contributed by atoms with van der Waals surface area (Å²) in [4.78, 5) is 19.1. The molecular formula is C24H28N4O3. The molecule has 0 aliphatic carbocycles. The zero-order valence-corrected chi connectivity index (χ0v) is 17.8. The molecular weight excluding hydrogens is 392 g/mol. The molecule has 1 aliphatic rings. The Morgan fingerprint density at radius 2 is 2.03 bits per heavy atom. The minimum atomic E-state index is -0.351. The SMILES string of the molecule is CCOC(=O)c1nn(CCCc2cccnc2)c2c1CN(Cc1ccc(O)cc1)CC2. The average Bonchev–Trinajstić information content (AvgIpc) is 3.14. The summed E-state index contributed by atoms with van der Waals surface area (Å²) in [6.07, 6.45) is 6.36. The topological polar surface area (TPSA) is 80.5 Å². The number of carbonyl (C=O) groups is 1. The van der Waals surface area contributed by atoms with E-state index < -0.39 is 0 Å². The van der Waals surface area contributed by atoms with E-state index in [1.165, 1.54) is 5.56 Å². The molecule has 0 fully saturated rings. The number of hydrogen-bond acceptors (Lipinski definition) is 6. The third kappa shape index (κ3) is 5.11. The van der Waals surface area contributed by atoms with E-state index in [-0.39, 0.29) is 11.7 Å². The Bertz CT molecular complexity index is 1020. The monoisotopic (exact) mass is 420 g/mol. The molecule has 0 amide bonds. The maximum Gasteiger partial charge on any atom is 0.359 e. The van der Waals surface area contributed by atoms with E-state index in [9.17, 15) is 9.90 Å². The van der Waals surface area contributed by atoms with Crippen molar-refractivity contribution in [2.24, 2.45) is 0 Å². The van der Waals surface area contributed by atoms with Gasteiger partial charge in [-0.05, 0) is 49.1 Å². The fourth-order valence-electron chi connectivity index (χ4n) is 4.07. The largest absolute Gasteiger partial charge is 0.508 e. The van der Waals surface area contributed by atoms with Gasteiger partial charge >= 0.3 is 5.97 Å². The highest BCUT2D eigenvalue weighted by Gasteiger charge is 2.28. The molecule has 0 saturated carbocycles. The van der Waals surface area contributed by atoms with E-state index in [4.69, 9.17) is 4.74 Å². The van der Waals surface area contributed by atoms with Gasteiger partial charge in [-0.1, -0.05) is 18.2 Å². The van der Waals surface area contributed by atoms with Crippen molar-refractivity contribution in [2.45, 2.75) is 45.8 Å². The van der Waals surface area contributed by atoms with Gasteiger partial charge in [0, 0.05) is 56.3 Å². The Hall–Kier alpha value is -3.19. The molecule has 162 valence electrons. The molecule has 0 unspecified atom stereocenters. The second-order valence-corrected chi connectivity index (χ2v) is 7.81.